The van der Waals surface area contributed by atoms with E-state index in [0.717, 1.165) is 29.8 Å². The molecule has 146 valence electrons. The van der Waals surface area contributed by atoms with Gasteiger partial charge in [0.15, 0.2) is 11.5 Å². The van der Waals surface area contributed by atoms with Crippen molar-refractivity contribution < 1.29 is 19.1 Å². The van der Waals surface area contributed by atoms with Crippen LogP contribution in [0.15, 0.2) is 42.5 Å². The highest BCUT2D eigenvalue weighted by Gasteiger charge is 2.42. The van der Waals surface area contributed by atoms with E-state index in [4.69, 9.17) is 9.47 Å². The first-order valence-electron chi connectivity index (χ1n) is 9.46. The first-order chi connectivity index (χ1) is 13.6. The number of methoxy groups -OCH3 is 2. The summed E-state index contributed by atoms with van der Waals surface area (Å²) in [5.41, 5.74) is 3.28. The second-order valence-corrected chi connectivity index (χ2v) is 7.22. The highest BCUT2D eigenvalue weighted by molar-refractivity contribution is 6.05. The molecule has 0 N–H and O–H groups in total. The van der Waals surface area contributed by atoms with Crippen LogP contribution in [-0.2, 0) is 29.1 Å². The minimum absolute atomic E-state index is 0.0993. The van der Waals surface area contributed by atoms with Gasteiger partial charge in [-0.25, -0.2) is 0 Å². The molecular formula is C22H24N2O4. The molecule has 2 aromatic rings. The zero-order valence-corrected chi connectivity index (χ0v) is 16.2. The molecule has 0 aromatic heterocycles. The van der Waals surface area contributed by atoms with Crippen molar-refractivity contribution in [2.24, 2.45) is 0 Å². The molecule has 2 amide bonds. The van der Waals surface area contributed by atoms with Crippen molar-refractivity contribution in [1.82, 2.24) is 9.80 Å². The number of rotatable bonds is 5. The Balaban J connectivity index is 1.51. The number of imide groups is 1. The number of ether oxygens (including phenoxy) is 2. The van der Waals surface area contributed by atoms with Crippen molar-refractivity contribution in [2.45, 2.75) is 32.0 Å². The van der Waals surface area contributed by atoms with Crippen LogP contribution in [0.5, 0.6) is 11.5 Å². The Labute approximate surface area is 164 Å². The van der Waals surface area contributed by atoms with E-state index in [1.165, 1.54) is 10.5 Å². The van der Waals surface area contributed by atoms with E-state index in [2.05, 4.69) is 4.90 Å². The number of hydrogen-bond acceptors (Lipinski definition) is 5. The van der Waals surface area contributed by atoms with Crippen LogP contribution in [0.2, 0.25) is 0 Å². The summed E-state index contributed by atoms with van der Waals surface area (Å²) in [6.07, 6.45) is 1.06. The van der Waals surface area contributed by atoms with Crippen LogP contribution < -0.4 is 9.47 Å². The molecule has 28 heavy (non-hydrogen) atoms. The van der Waals surface area contributed by atoms with Crippen LogP contribution in [0, 0.1) is 0 Å². The summed E-state index contributed by atoms with van der Waals surface area (Å²) < 4.78 is 10.8. The van der Waals surface area contributed by atoms with Gasteiger partial charge in [-0.1, -0.05) is 30.3 Å². The number of amides is 2. The van der Waals surface area contributed by atoms with Crippen LogP contribution in [0.25, 0.3) is 0 Å². The molecule has 2 aliphatic heterocycles. The number of hydrogen-bond donors (Lipinski definition) is 0. The molecular weight excluding hydrogens is 356 g/mol. The van der Waals surface area contributed by atoms with Gasteiger partial charge in [-0.2, -0.15) is 0 Å². The third kappa shape index (κ3) is 3.36. The molecule has 2 aliphatic rings. The SMILES string of the molecule is COc1cc2c(cc1OC)CN(C1CC(=O)N(Cc3ccccc3)C1=O)CC2. The molecule has 0 radical (unpaired) electrons. The Morgan fingerprint density at radius 3 is 2.36 bits per heavy atom. The molecule has 2 aromatic carbocycles. The Bertz CT molecular complexity index is 897. The lowest BCUT2D eigenvalue weighted by Crippen LogP contribution is -2.44. The minimum atomic E-state index is -0.391. The van der Waals surface area contributed by atoms with Crippen LogP contribution in [0.4, 0.5) is 0 Å². The van der Waals surface area contributed by atoms with Gasteiger partial charge >= 0.3 is 0 Å². The van der Waals surface area contributed by atoms with Gasteiger partial charge in [0.2, 0.25) is 11.8 Å². The Morgan fingerprint density at radius 2 is 1.68 bits per heavy atom. The third-order valence-electron chi connectivity index (χ3n) is 5.59. The number of carbonyl (C=O) groups is 2. The fourth-order valence-corrected chi connectivity index (χ4v) is 4.05. The van der Waals surface area contributed by atoms with E-state index in [1.54, 1.807) is 14.2 Å². The zero-order chi connectivity index (χ0) is 19.7. The molecule has 2 heterocycles. The van der Waals surface area contributed by atoms with Gasteiger partial charge in [0, 0.05) is 13.1 Å². The number of likely N-dealkylation sites (tertiary alicyclic amines) is 1. The summed E-state index contributed by atoms with van der Waals surface area (Å²) in [7, 11) is 3.25. The summed E-state index contributed by atoms with van der Waals surface area (Å²) in [5, 5.41) is 0. The van der Waals surface area contributed by atoms with Gasteiger partial charge in [-0.15, -0.1) is 0 Å². The standard InChI is InChI=1S/C22H24N2O4/c1-27-19-10-16-8-9-23(14-17(16)11-20(19)28-2)18-12-21(25)24(22(18)26)13-15-6-4-3-5-7-15/h3-7,10-11,18H,8-9,12-14H2,1-2H3. The Morgan fingerprint density at radius 1 is 1.00 bits per heavy atom. The molecule has 1 atom stereocenters. The molecule has 1 unspecified atom stereocenters. The molecule has 6 heteroatoms. The van der Waals surface area contributed by atoms with Crippen LogP contribution in [0.1, 0.15) is 23.1 Å². The third-order valence-corrected chi connectivity index (χ3v) is 5.59. The first kappa shape index (κ1) is 18.5. The van der Waals surface area contributed by atoms with Gasteiger partial charge in [0.1, 0.15) is 0 Å². The topological polar surface area (TPSA) is 59.1 Å². The van der Waals surface area contributed by atoms with Gasteiger partial charge in [0.05, 0.1) is 33.2 Å². The van der Waals surface area contributed by atoms with E-state index in [0.29, 0.717) is 18.8 Å². The fraction of sp³-hybridized carbons (Fsp3) is 0.364. The highest BCUT2D eigenvalue weighted by atomic mass is 16.5. The molecule has 0 bridgehead atoms. The van der Waals surface area contributed by atoms with Crippen molar-refractivity contribution in [3.8, 4) is 11.5 Å². The minimum Gasteiger partial charge on any atom is -0.493 e. The first-order valence-corrected chi connectivity index (χ1v) is 9.46. The quantitative estimate of drug-likeness (QED) is 0.746. The van der Waals surface area contributed by atoms with Crippen molar-refractivity contribution in [3.63, 3.8) is 0 Å². The summed E-state index contributed by atoms with van der Waals surface area (Å²) in [4.78, 5) is 29.0. The molecule has 1 fully saturated rings. The van der Waals surface area contributed by atoms with Gasteiger partial charge < -0.3 is 9.47 Å². The van der Waals surface area contributed by atoms with Crippen LogP contribution in [-0.4, -0.2) is 48.4 Å². The van der Waals surface area contributed by atoms with Crippen LogP contribution >= 0.6 is 0 Å². The Hall–Kier alpha value is -2.86. The van der Waals surface area contributed by atoms with E-state index >= 15 is 0 Å². The zero-order valence-electron chi connectivity index (χ0n) is 16.2. The maximum absolute atomic E-state index is 13.0. The van der Waals surface area contributed by atoms with E-state index in [-0.39, 0.29) is 18.2 Å². The lowest BCUT2D eigenvalue weighted by molar-refractivity contribution is -0.140. The number of carbonyl (C=O) groups excluding carboxylic acids is 2. The molecule has 0 saturated carbocycles. The summed E-state index contributed by atoms with van der Waals surface area (Å²) in [5.74, 6) is 1.20. The summed E-state index contributed by atoms with van der Waals surface area (Å²) in [6, 6.07) is 13.2. The van der Waals surface area contributed by atoms with Gasteiger partial charge in [0.25, 0.3) is 0 Å². The second-order valence-electron chi connectivity index (χ2n) is 7.22. The fourth-order valence-electron chi connectivity index (χ4n) is 4.05. The van der Waals surface area contributed by atoms with Crippen molar-refractivity contribution in [2.75, 3.05) is 20.8 Å². The average Bonchev–Trinajstić information content (AvgIpc) is 3.01. The predicted molar refractivity (Wildman–Crippen MR) is 104 cm³/mol. The molecule has 0 spiro atoms. The van der Waals surface area contributed by atoms with E-state index in [1.807, 2.05) is 42.5 Å². The average molecular weight is 380 g/mol. The monoisotopic (exact) mass is 380 g/mol. The predicted octanol–water partition coefficient (Wildman–Crippen LogP) is 2.39. The number of fused-ring (bicyclic) bond motifs is 1. The molecule has 1 saturated heterocycles. The maximum Gasteiger partial charge on any atom is 0.247 e. The highest BCUT2D eigenvalue weighted by Crippen LogP contribution is 2.34. The van der Waals surface area contributed by atoms with E-state index in [9.17, 15) is 9.59 Å². The molecule has 4 rings (SSSR count). The van der Waals surface area contributed by atoms with E-state index < -0.39 is 6.04 Å². The smallest absolute Gasteiger partial charge is 0.247 e. The van der Waals surface area contributed by atoms with Crippen LogP contribution in [0.3, 0.4) is 0 Å². The molecule has 0 aliphatic carbocycles. The van der Waals surface area contributed by atoms with Gasteiger partial charge in [-0.05, 0) is 35.2 Å². The largest absolute Gasteiger partial charge is 0.493 e. The van der Waals surface area contributed by atoms with Crippen molar-refractivity contribution in [3.05, 3.63) is 59.2 Å². The molecule has 6 nitrogen and oxygen atoms in total. The maximum atomic E-state index is 13.0. The number of benzene rings is 2. The lowest BCUT2D eigenvalue weighted by atomic mass is 9.97. The normalized spacial score (nSPS) is 19.6. The summed E-state index contributed by atoms with van der Waals surface area (Å²) in [6.45, 7) is 1.70. The Kier molecular flexibility index (Phi) is 5.05. The van der Waals surface area contributed by atoms with Crippen molar-refractivity contribution >= 4 is 11.8 Å². The van der Waals surface area contributed by atoms with Gasteiger partial charge in [-0.3, -0.25) is 19.4 Å². The van der Waals surface area contributed by atoms with Crippen molar-refractivity contribution in [1.29, 1.82) is 0 Å². The second kappa shape index (κ2) is 7.64. The summed E-state index contributed by atoms with van der Waals surface area (Å²) >= 11 is 0. The number of nitrogens with zero attached hydrogens (tertiary/aromatic N) is 2. The lowest BCUT2D eigenvalue weighted by Gasteiger charge is -2.32.